The van der Waals surface area contributed by atoms with Crippen LogP contribution in [0.25, 0.3) is 11.3 Å². The van der Waals surface area contributed by atoms with E-state index in [1.165, 1.54) is 31.2 Å². The number of carbonyl (C=O) groups excluding carboxylic acids is 2. The molecular weight excluding hydrogens is 285 g/mol. The summed E-state index contributed by atoms with van der Waals surface area (Å²) in [6.45, 7) is 3.90. The third-order valence-electron chi connectivity index (χ3n) is 3.29. The molecule has 1 N–H and O–H groups in total. The van der Waals surface area contributed by atoms with Crippen LogP contribution in [-0.2, 0) is 0 Å². The van der Waals surface area contributed by atoms with Crippen LogP contribution in [-0.4, -0.2) is 18.2 Å². The molecule has 0 atom stereocenters. The lowest BCUT2D eigenvalue weighted by Gasteiger charge is -2.04. The molecule has 0 aliphatic rings. The summed E-state index contributed by atoms with van der Waals surface area (Å²) in [4.78, 5) is 23.2. The first-order valence-corrected chi connectivity index (χ1v) is 7.22. The highest BCUT2D eigenvalue weighted by Gasteiger charge is 2.17. The fourth-order valence-electron chi connectivity index (χ4n) is 2.06. The van der Waals surface area contributed by atoms with Gasteiger partial charge < -0.3 is 9.73 Å². The van der Waals surface area contributed by atoms with Crippen LogP contribution in [0, 0.1) is 5.82 Å². The Morgan fingerprint density at radius 2 is 2.00 bits per heavy atom. The van der Waals surface area contributed by atoms with E-state index in [0.717, 1.165) is 12.8 Å². The number of ketones is 1. The average Bonchev–Trinajstić information content (AvgIpc) is 2.97. The van der Waals surface area contributed by atoms with Crippen LogP contribution in [0.15, 0.2) is 34.7 Å². The van der Waals surface area contributed by atoms with Crippen LogP contribution in [0.4, 0.5) is 4.39 Å². The Labute approximate surface area is 128 Å². The Morgan fingerprint density at radius 3 is 2.68 bits per heavy atom. The third-order valence-corrected chi connectivity index (χ3v) is 3.29. The first kappa shape index (κ1) is 15.9. The Balaban J connectivity index is 2.23. The minimum absolute atomic E-state index is 0.00264. The minimum atomic E-state index is -0.637. The molecule has 116 valence electrons. The number of halogens is 1. The van der Waals surface area contributed by atoms with Gasteiger partial charge in [0.25, 0.3) is 5.91 Å². The van der Waals surface area contributed by atoms with E-state index in [2.05, 4.69) is 5.32 Å². The highest BCUT2D eigenvalue weighted by atomic mass is 19.1. The lowest BCUT2D eigenvalue weighted by Crippen LogP contribution is -2.23. The Hall–Kier alpha value is -2.43. The number of carbonyl (C=O) groups is 2. The van der Waals surface area contributed by atoms with Crippen molar-refractivity contribution in [1.29, 1.82) is 0 Å². The number of rotatable bonds is 6. The van der Waals surface area contributed by atoms with E-state index in [-0.39, 0.29) is 34.3 Å². The van der Waals surface area contributed by atoms with E-state index in [0.29, 0.717) is 6.54 Å². The molecule has 1 amide bonds. The molecule has 5 heteroatoms. The van der Waals surface area contributed by atoms with Gasteiger partial charge in [0.1, 0.15) is 11.6 Å². The van der Waals surface area contributed by atoms with Crippen molar-refractivity contribution in [2.75, 3.05) is 6.54 Å². The molecule has 0 aliphatic carbocycles. The highest BCUT2D eigenvalue weighted by Crippen LogP contribution is 2.27. The van der Waals surface area contributed by atoms with E-state index in [1.54, 1.807) is 6.07 Å². The van der Waals surface area contributed by atoms with Gasteiger partial charge in [0.15, 0.2) is 11.5 Å². The SMILES string of the molecule is CCCCNC(=O)c1ccc(-c2cccc(C(C)=O)c2F)o1. The molecule has 0 radical (unpaired) electrons. The van der Waals surface area contributed by atoms with Crippen molar-refractivity contribution in [2.45, 2.75) is 26.7 Å². The van der Waals surface area contributed by atoms with Crippen molar-refractivity contribution < 1.29 is 18.4 Å². The lowest BCUT2D eigenvalue weighted by atomic mass is 10.1. The molecule has 1 heterocycles. The molecule has 0 aliphatic heterocycles. The van der Waals surface area contributed by atoms with Crippen LogP contribution in [0.5, 0.6) is 0 Å². The van der Waals surface area contributed by atoms with E-state index in [1.807, 2.05) is 6.92 Å². The molecule has 0 fully saturated rings. The zero-order chi connectivity index (χ0) is 16.1. The number of benzene rings is 1. The van der Waals surface area contributed by atoms with Gasteiger partial charge in [-0.2, -0.15) is 0 Å². The smallest absolute Gasteiger partial charge is 0.287 e. The normalized spacial score (nSPS) is 10.5. The second-order valence-corrected chi connectivity index (χ2v) is 5.00. The van der Waals surface area contributed by atoms with Crippen LogP contribution in [0.2, 0.25) is 0 Å². The first-order valence-electron chi connectivity index (χ1n) is 7.22. The molecule has 0 spiro atoms. The predicted octanol–water partition coefficient (Wildman–Crippen LogP) is 3.82. The topological polar surface area (TPSA) is 59.3 Å². The molecule has 0 saturated carbocycles. The van der Waals surface area contributed by atoms with Crippen molar-refractivity contribution in [3.05, 3.63) is 47.5 Å². The summed E-state index contributed by atoms with van der Waals surface area (Å²) in [7, 11) is 0. The van der Waals surface area contributed by atoms with Crippen LogP contribution < -0.4 is 5.32 Å². The van der Waals surface area contributed by atoms with Crippen molar-refractivity contribution in [2.24, 2.45) is 0 Å². The third kappa shape index (κ3) is 3.42. The molecule has 1 aromatic heterocycles. The van der Waals surface area contributed by atoms with Crippen molar-refractivity contribution in [1.82, 2.24) is 5.32 Å². The highest BCUT2D eigenvalue weighted by molar-refractivity contribution is 5.96. The molecule has 4 nitrogen and oxygen atoms in total. The summed E-state index contributed by atoms with van der Waals surface area (Å²) in [5, 5.41) is 2.73. The van der Waals surface area contributed by atoms with E-state index >= 15 is 0 Å². The molecule has 0 unspecified atom stereocenters. The quantitative estimate of drug-likeness (QED) is 0.652. The van der Waals surface area contributed by atoms with Gasteiger partial charge in [-0.1, -0.05) is 19.4 Å². The van der Waals surface area contributed by atoms with Gasteiger partial charge in [0.05, 0.1) is 11.1 Å². The second-order valence-electron chi connectivity index (χ2n) is 5.00. The van der Waals surface area contributed by atoms with Gasteiger partial charge >= 0.3 is 0 Å². The summed E-state index contributed by atoms with van der Waals surface area (Å²) in [5.74, 6) is -0.978. The van der Waals surface area contributed by atoms with Gasteiger partial charge in [0.2, 0.25) is 0 Å². The van der Waals surface area contributed by atoms with Gasteiger partial charge in [-0.15, -0.1) is 0 Å². The average molecular weight is 303 g/mol. The minimum Gasteiger partial charge on any atom is -0.451 e. The van der Waals surface area contributed by atoms with Crippen LogP contribution >= 0.6 is 0 Å². The van der Waals surface area contributed by atoms with Crippen LogP contribution in [0.1, 0.15) is 47.6 Å². The Bertz CT molecular complexity index is 691. The zero-order valence-corrected chi connectivity index (χ0v) is 12.6. The summed E-state index contributed by atoms with van der Waals surface area (Å²) in [5.41, 5.74) is 0.170. The monoisotopic (exact) mass is 303 g/mol. The van der Waals surface area contributed by atoms with Gasteiger partial charge in [-0.25, -0.2) is 4.39 Å². The van der Waals surface area contributed by atoms with E-state index in [9.17, 15) is 14.0 Å². The summed E-state index contributed by atoms with van der Waals surface area (Å²) < 4.78 is 19.7. The van der Waals surface area contributed by atoms with E-state index < -0.39 is 5.82 Å². The predicted molar refractivity (Wildman–Crippen MR) is 81.3 cm³/mol. The summed E-state index contributed by atoms with van der Waals surface area (Å²) in [6.07, 6.45) is 1.86. The van der Waals surface area contributed by atoms with E-state index in [4.69, 9.17) is 4.42 Å². The van der Waals surface area contributed by atoms with Crippen LogP contribution in [0.3, 0.4) is 0 Å². The number of amides is 1. The van der Waals surface area contributed by atoms with Crippen molar-refractivity contribution in [3.63, 3.8) is 0 Å². The number of furan rings is 1. The molecule has 2 aromatic rings. The number of nitrogens with one attached hydrogen (secondary N) is 1. The van der Waals surface area contributed by atoms with Gasteiger partial charge in [-0.05, 0) is 37.6 Å². The maximum Gasteiger partial charge on any atom is 0.287 e. The van der Waals surface area contributed by atoms with Gasteiger partial charge in [-0.3, -0.25) is 9.59 Å². The van der Waals surface area contributed by atoms with Crippen molar-refractivity contribution >= 4 is 11.7 Å². The number of unbranched alkanes of at least 4 members (excludes halogenated alkanes) is 1. The lowest BCUT2D eigenvalue weighted by molar-refractivity contribution is 0.0925. The zero-order valence-electron chi connectivity index (χ0n) is 12.6. The standard InChI is InChI=1S/C17H18FNO3/c1-3-4-10-19-17(21)15-9-8-14(22-15)13-7-5-6-12(11(2)20)16(13)18/h5-9H,3-4,10H2,1-2H3,(H,19,21). The largest absolute Gasteiger partial charge is 0.451 e. The molecule has 0 saturated heterocycles. The Kier molecular flexibility index (Phi) is 5.09. The molecule has 2 rings (SSSR count). The summed E-state index contributed by atoms with van der Waals surface area (Å²) in [6, 6.07) is 7.54. The number of Topliss-reactive ketones (excluding diaryl/α,β-unsaturated/α-hetero) is 1. The van der Waals surface area contributed by atoms with Gasteiger partial charge in [0, 0.05) is 6.54 Å². The fraction of sp³-hybridized carbons (Fsp3) is 0.294. The molecule has 0 bridgehead atoms. The molecule has 22 heavy (non-hydrogen) atoms. The maximum atomic E-state index is 14.3. The second kappa shape index (κ2) is 7.02. The summed E-state index contributed by atoms with van der Waals surface area (Å²) >= 11 is 0. The Morgan fingerprint density at radius 1 is 1.23 bits per heavy atom. The first-order chi connectivity index (χ1) is 10.5. The molecular formula is C17H18FNO3. The number of hydrogen-bond acceptors (Lipinski definition) is 3. The van der Waals surface area contributed by atoms with Crippen molar-refractivity contribution in [3.8, 4) is 11.3 Å². The fourth-order valence-corrected chi connectivity index (χ4v) is 2.06. The maximum absolute atomic E-state index is 14.3. The molecule has 1 aromatic carbocycles. The number of hydrogen-bond donors (Lipinski definition) is 1.